The van der Waals surface area contributed by atoms with Gasteiger partial charge in [0.2, 0.25) is 10.0 Å². The summed E-state index contributed by atoms with van der Waals surface area (Å²) in [7, 11) is -2.51. The fourth-order valence-electron chi connectivity index (χ4n) is 3.59. The van der Waals surface area contributed by atoms with E-state index in [2.05, 4.69) is 9.62 Å². The minimum Gasteiger partial charge on any atom is -0.465 e. The Bertz CT molecular complexity index is 965. The molecule has 0 aliphatic carbocycles. The van der Waals surface area contributed by atoms with Gasteiger partial charge < -0.3 is 9.64 Å². The summed E-state index contributed by atoms with van der Waals surface area (Å²) in [5.41, 5.74) is 2.96. The largest absolute Gasteiger partial charge is 0.465 e. The first-order valence-electron chi connectivity index (χ1n) is 9.88. The lowest BCUT2D eigenvalue weighted by Crippen LogP contribution is -2.29. The lowest BCUT2D eigenvalue weighted by atomic mass is 10.1. The van der Waals surface area contributed by atoms with Gasteiger partial charge in [-0.3, -0.25) is 0 Å². The third kappa shape index (κ3) is 4.97. The molecule has 156 valence electrons. The molecule has 1 N–H and O–H groups in total. The van der Waals surface area contributed by atoms with Gasteiger partial charge in [0.15, 0.2) is 0 Å². The van der Waals surface area contributed by atoms with Crippen molar-refractivity contribution >= 4 is 21.7 Å². The zero-order chi connectivity index (χ0) is 21.0. The summed E-state index contributed by atoms with van der Waals surface area (Å²) < 4.78 is 33.1. The summed E-state index contributed by atoms with van der Waals surface area (Å²) in [4.78, 5) is 14.3. The Morgan fingerprint density at radius 2 is 1.72 bits per heavy atom. The van der Waals surface area contributed by atoms with E-state index < -0.39 is 22.0 Å². The topological polar surface area (TPSA) is 75.7 Å². The molecule has 1 saturated heterocycles. The van der Waals surface area contributed by atoms with Crippen molar-refractivity contribution in [1.82, 2.24) is 4.72 Å². The van der Waals surface area contributed by atoms with Crippen molar-refractivity contribution in [3.8, 4) is 0 Å². The highest BCUT2D eigenvalue weighted by molar-refractivity contribution is 7.89. The number of esters is 1. The van der Waals surface area contributed by atoms with E-state index in [1.165, 1.54) is 44.2 Å². The third-order valence-electron chi connectivity index (χ3n) is 5.37. The monoisotopic (exact) mass is 416 g/mol. The molecule has 3 rings (SSSR count). The normalized spacial score (nSPS) is 15.8. The molecular formula is C22H28N2O4S. The number of sulfonamides is 1. The number of ether oxygens (including phenoxy) is 1. The van der Waals surface area contributed by atoms with E-state index in [1.807, 2.05) is 31.2 Å². The van der Waals surface area contributed by atoms with E-state index in [9.17, 15) is 13.2 Å². The van der Waals surface area contributed by atoms with Crippen LogP contribution in [0.4, 0.5) is 5.69 Å². The van der Waals surface area contributed by atoms with Gasteiger partial charge in [-0.25, -0.2) is 17.9 Å². The first-order chi connectivity index (χ1) is 13.8. The molecule has 6 nitrogen and oxygen atoms in total. The van der Waals surface area contributed by atoms with Crippen LogP contribution in [-0.4, -0.2) is 34.6 Å². The van der Waals surface area contributed by atoms with Crippen LogP contribution >= 0.6 is 0 Å². The number of hydrogen-bond acceptors (Lipinski definition) is 5. The number of nitrogens with one attached hydrogen (secondary N) is 1. The molecule has 7 heteroatoms. The lowest BCUT2D eigenvalue weighted by Gasteiger charge is -2.29. The fourth-order valence-corrected chi connectivity index (χ4v) is 4.85. The van der Waals surface area contributed by atoms with Crippen LogP contribution < -0.4 is 9.62 Å². The average molecular weight is 417 g/mol. The van der Waals surface area contributed by atoms with Crippen LogP contribution in [0.3, 0.4) is 0 Å². The van der Waals surface area contributed by atoms with Crippen LogP contribution in [-0.2, 0) is 14.8 Å². The minimum atomic E-state index is -3.79. The molecule has 0 spiro atoms. The number of rotatable bonds is 6. The molecule has 29 heavy (non-hydrogen) atoms. The number of methoxy groups -OCH3 is 1. The fraction of sp³-hybridized carbons (Fsp3) is 0.409. The number of benzene rings is 2. The molecule has 1 heterocycles. The predicted molar refractivity (Wildman–Crippen MR) is 114 cm³/mol. The van der Waals surface area contributed by atoms with Gasteiger partial charge in [0.05, 0.1) is 17.6 Å². The van der Waals surface area contributed by atoms with Gasteiger partial charge >= 0.3 is 5.97 Å². The van der Waals surface area contributed by atoms with Crippen LogP contribution in [0.25, 0.3) is 0 Å². The van der Waals surface area contributed by atoms with Crippen LogP contribution in [0, 0.1) is 6.92 Å². The van der Waals surface area contributed by atoms with E-state index in [4.69, 9.17) is 4.74 Å². The van der Waals surface area contributed by atoms with Crippen LogP contribution in [0.15, 0.2) is 47.4 Å². The van der Waals surface area contributed by atoms with Crippen molar-refractivity contribution in [2.45, 2.75) is 44.0 Å². The van der Waals surface area contributed by atoms with Gasteiger partial charge in [-0.15, -0.1) is 0 Å². The maximum absolute atomic E-state index is 12.8. The third-order valence-corrected chi connectivity index (χ3v) is 6.91. The smallest absolute Gasteiger partial charge is 0.338 e. The van der Waals surface area contributed by atoms with Crippen molar-refractivity contribution in [1.29, 1.82) is 0 Å². The SMILES string of the molecule is COC(=O)c1cc(S(=O)(=O)N[C@H](C)c2ccc(N3CCCCC3)cc2)ccc1C. The molecule has 1 aliphatic heterocycles. The standard InChI is InChI=1S/C22H28N2O4S/c1-16-7-12-20(15-21(16)22(25)28-3)29(26,27)23-17(2)18-8-10-19(11-9-18)24-13-5-4-6-14-24/h7-12,15,17,23H,4-6,13-14H2,1-3H3/t17-/m1/s1. The van der Waals surface area contributed by atoms with Gasteiger partial charge in [-0.1, -0.05) is 18.2 Å². The summed E-state index contributed by atoms with van der Waals surface area (Å²) in [6, 6.07) is 12.1. The Balaban J connectivity index is 1.75. The summed E-state index contributed by atoms with van der Waals surface area (Å²) in [5.74, 6) is -0.555. The summed E-state index contributed by atoms with van der Waals surface area (Å²) in [6.45, 7) is 5.68. The maximum atomic E-state index is 12.8. The molecule has 0 amide bonds. The zero-order valence-electron chi connectivity index (χ0n) is 17.1. The van der Waals surface area contributed by atoms with E-state index >= 15 is 0 Å². The van der Waals surface area contributed by atoms with Crippen molar-refractivity contribution in [2.24, 2.45) is 0 Å². The molecule has 0 unspecified atom stereocenters. The Morgan fingerprint density at radius 1 is 1.07 bits per heavy atom. The molecule has 0 aromatic heterocycles. The van der Waals surface area contributed by atoms with Crippen molar-refractivity contribution in [2.75, 3.05) is 25.1 Å². The highest BCUT2D eigenvalue weighted by Gasteiger charge is 2.21. The number of carbonyl (C=O) groups excluding carboxylic acids is 1. The molecule has 2 aromatic carbocycles. The highest BCUT2D eigenvalue weighted by atomic mass is 32.2. The van der Waals surface area contributed by atoms with Crippen LogP contribution in [0.5, 0.6) is 0 Å². The molecule has 1 fully saturated rings. The first-order valence-corrected chi connectivity index (χ1v) is 11.4. The van der Waals surface area contributed by atoms with E-state index in [0.717, 1.165) is 18.7 Å². The molecule has 0 radical (unpaired) electrons. The second-order valence-corrected chi connectivity index (χ2v) is 9.16. The van der Waals surface area contributed by atoms with Crippen LogP contribution in [0.2, 0.25) is 0 Å². The number of piperidine rings is 1. The Kier molecular flexibility index (Phi) is 6.59. The second-order valence-electron chi connectivity index (χ2n) is 7.45. The second kappa shape index (κ2) is 8.97. The van der Waals surface area contributed by atoms with Crippen molar-refractivity contribution in [3.63, 3.8) is 0 Å². The van der Waals surface area contributed by atoms with Crippen LogP contribution in [0.1, 0.15) is 53.7 Å². The average Bonchev–Trinajstić information content (AvgIpc) is 2.73. The van der Waals surface area contributed by atoms with Gasteiger partial charge in [0.1, 0.15) is 0 Å². The molecule has 0 bridgehead atoms. The predicted octanol–water partition coefficient (Wildman–Crippen LogP) is 3.81. The number of aryl methyl sites for hydroxylation is 1. The van der Waals surface area contributed by atoms with E-state index in [0.29, 0.717) is 5.56 Å². The molecule has 1 atom stereocenters. The van der Waals surface area contributed by atoms with Gasteiger partial charge in [0.25, 0.3) is 0 Å². The Labute approximate surface area is 172 Å². The van der Waals surface area contributed by atoms with Gasteiger partial charge in [0, 0.05) is 24.8 Å². The maximum Gasteiger partial charge on any atom is 0.338 e. The molecular weight excluding hydrogens is 388 g/mol. The zero-order valence-corrected chi connectivity index (χ0v) is 18.0. The van der Waals surface area contributed by atoms with Crippen molar-refractivity contribution < 1.29 is 17.9 Å². The van der Waals surface area contributed by atoms with Gasteiger partial charge in [-0.2, -0.15) is 0 Å². The summed E-state index contributed by atoms with van der Waals surface area (Å²) in [6.07, 6.45) is 3.70. The minimum absolute atomic E-state index is 0.0419. The Hall–Kier alpha value is -2.38. The lowest BCUT2D eigenvalue weighted by molar-refractivity contribution is 0.0599. The van der Waals surface area contributed by atoms with E-state index in [-0.39, 0.29) is 10.5 Å². The highest BCUT2D eigenvalue weighted by Crippen LogP contribution is 2.24. The number of anilines is 1. The summed E-state index contributed by atoms with van der Waals surface area (Å²) in [5, 5.41) is 0. The molecule has 0 saturated carbocycles. The van der Waals surface area contributed by atoms with Gasteiger partial charge in [-0.05, 0) is 68.5 Å². The summed E-state index contributed by atoms with van der Waals surface area (Å²) >= 11 is 0. The quantitative estimate of drug-likeness (QED) is 0.725. The number of carbonyl (C=O) groups is 1. The number of nitrogens with zero attached hydrogens (tertiary/aromatic N) is 1. The molecule has 1 aliphatic rings. The van der Waals surface area contributed by atoms with E-state index in [1.54, 1.807) is 13.0 Å². The molecule has 2 aromatic rings. The first kappa shape index (κ1) is 21.3. The number of hydrogen-bond donors (Lipinski definition) is 1. The van der Waals surface area contributed by atoms with Crippen molar-refractivity contribution in [3.05, 3.63) is 59.2 Å². The Morgan fingerprint density at radius 3 is 2.34 bits per heavy atom.